The molecule has 0 bridgehead atoms. The highest BCUT2D eigenvalue weighted by Gasteiger charge is 2.11. The van der Waals surface area contributed by atoms with E-state index >= 15 is 0 Å². The summed E-state index contributed by atoms with van der Waals surface area (Å²) in [5.41, 5.74) is 1.01. The predicted octanol–water partition coefficient (Wildman–Crippen LogP) is 1.58. The molecule has 20 heavy (non-hydrogen) atoms. The first-order valence-electron chi connectivity index (χ1n) is 5.94. The van der Waals surface area contributed by atoms with E-state index in [1.54, 1.807) is 30.3 Å². The fourth-order valence-corrected chi connectivity index (χ4v) is 1.66. The molecule has 0 fully saturated rings. The van der Waals surface area contributed by atoms with Crippen molar-refractivity contribution < 1.29 is 19.6 Å². The molecule has 1 heterocycles. The molecule has 0 saturated carbocycles. The van der Waals surface area contributed by atoms with E-state index in [4.69, 9.17) is 9.94 Å². The number of hydrogen-bond donors (Lipinski definition) is 3. The molecule has 0 aliphatic carbocycles. The van der Waals surface area contributed by atoms with Gasteiger partial charge in [0, 0.05) is 6.20 Å². The van der Waals surface area contributed by atoms with Gasteiger partial charge in [-0.1, -0.05) is 12.1 Å². The molecule has 106 valence electrons. The Morgan fingerprint density at radius 1 is 1.30 bits per heavy atom. The van der Waals surface area contributed by atoms with Crippen LogP contribution in [0.4, 0.5) is 21.5 Å². The Morgan fingerprint density at radius 3 is 2.85 bits per heavy atom. The van der Waals surface area contributed by atoms with Crippen molar-refractivity contribution in [3.05, 3.63) is 47.9 Å². The van der Waals surface area contributed by atoms with Gasteiger partial charge >= 0.3 is 0 Å². The van der Waals surface area contributed by atoms with E-state index in [0.29, 0.717) is 17.1 Å². The average Bonchev–Trinajstić information content (AvgIpc) is 2.47. The van der Waals surface area contributed by atoms with Crippen LogP contribution in [-0.4, -0.2) is 23.5 Å². The molecule has 1 aromatic heterocycles. The van der Waals surface area contributed by atoms with Gasteiger partial charge in [0.15, 0.2) is 0 Å². The molecular weight excluding hydrogens is 265 g/mol. The van der Waals surface area contributed by atoms with Crippen LogP contribution >= 0.6 is 0 Å². The first-order chi connectivity index (χ1) is 9.72. The van der Waals surface area contributed by atoms with Crippen LogP contribution in [0.25, 0.3) is 0 Å². The lowest BCUT2D eigenvalue weighted by molar-refractivity contribution is -0.991. The molecule has 0 aliphatic rings. The number of hydrogen-bond acceptors (Lipinski definition) is 5. The number of para-hydroxylation sites is 2. The second-order valence-electron chi connectivity index (χ2n) is 3.89. The van der Waals surface area contributed by atoms with Crippen LogP contribution in [0.15, 0.2) is 42.7 Å². The highest BCUT2D eigenvalue weighted by Crippen LogP contribution is 2.29. The summed E-state index contributed by atoms with van der Waals surface area (Å²) in [5.74, 6) is 0.457. The number of alkyl halides is 1. The van der Waals surface area contributed by atoms with Crippen LogP contribution in [0.3, 0.4) is 0 Å². The zero-order valence-electron chi connectivity index (χ0n) is 10.5. The summed E-state index contributed by atoms with van der Waals surface area (Å²) >= 11 is 0. The Morgan fingerprint density at radius 2 is 2.10 bits per heavy atom. The standard InChI is InChI=1S/C13H14FN3O3/c14-6-8-20-13-4-2-1-3-11(13)16-10-5-7-15-9-12(10)17(18)19/h1-5,7,9,17-18H,6,8H2,(H,15,16). The molecule has 2 aromatic rings. The number of benzene rings is 1. The van der Waals surface area contributed by atoms with E-state index in [2.05, 4.69) is 10.3 Å². The average molecular weight is 279 g/mol. The number of anilines is 2. The highest BCUT2D eigenvalue weighted by atomic mass is 19.1. The van der Waals surface area contributed by atoms with Crippen molar-refractivity contribution >= 4 is 17.1 Å². The summed E-state index contributed by atoms with van der Waals surface area (Å²) in [4.78, 5) is 3.78. The van der Waals surface area contributed by atoms with Crippen molar-refractivity contribution in [2.24, 2.45) is 0 Å². The summed E-state index contributed by atoms with van der Waals surface area (Å²) in [5, 5.41) is 22.1. The van der Waals surface area contributed by atoms with Crippen LogP contribution < -0.4 is 15.3 Å². The van der Waals surface area contributed by atoms with Gasteiger partial charge in [0.25, 0.3) is 0 Å². The minimum Gasteiger partial charge on any atom is -0.595 e. The molecular formula is C13H14FN3O3. The third-order valence-corrected chi connectivity index (χ3v) is 2.54. The van der Waals surface area contributed by atoms with Gasteiger partial charge < -0.3 is 15.3 Å². The van der Waals surface area contributed by atoms with E-state index in [0.717, 1.165) is 0 Å². The number of nitrogens with one attached hydrogen (secondary N) is 2. The van der Waals surface area contributed by atoms with Gasteiger partial charge in [0.05, 0.1) is 11.9 Å². The molecule has 1 atom stereocenters. The summed E-state index contributed by atoms with van der Waals surface area (Å²) in [6, 6.07) is 8.48. The summed E-state index contributed by atoms with van der Waals surface area (Å²) in [6.45, 7) is -0.648. The molecule has 0 aliphatic heterocycles. The molecule has 1 aromatic carbocycles. The second kappa shape index (κ2) is 6.80. The van der Waals surface area contributed by atoms with E-state index in [1.165, 1.54) is 12.4 Å². The molecule has 0 radical (unpaired) electrons. The van der Waals surface area contributed by atoms with Gasteiger partial charge in [-0.25, -0.2) is 9.60 Å². The predicted molar refractivity (Wildman–Crippen MR) is 71.2 cm³/mol. The van der Waals surface area contributed by atoms with Gasteiger partial charge in [0.1, 0.15) is 24.7 Å². The third kappa shape index (κ3) is 3.41. The number of quaternary nitrogens is 1. The van der Waals surface area contributed by atoms with Gasteiger partial charge in [0.2, 0.25) is 5.69 Å². The topological polar surface area (TPSA) is 81.9 Å². The maximum atomic E-state index is 12.2. The molecule has 0 spiro atoms. The lowest BCUT2D eigenvalue weighted by Gasteiger charge is -2.17. The number of ether oxygens (including phenoxy) is 1. The van der Waals surface area contributed by atoms with E-state index in [-0.39, 0.29) is 12.3 Å². The third-order valence-electron chi connectivity index (χ3n) is 2.54. The highest BCUT2D eigenvalue weighted by molar-refractivity contribution is 5.71. The Labute approximate surface area is 115 Å². The van der Waals surface area contributed by atoms with Gasteiger partial charge in [-0.15, -0.1) is 0 Å². The Balaban J connectivity index is 2.26. The Hall–Kier alpha value is -2.22. The number of aromatic nitrogens is 1. The van der Waals surface area contributed by atoms with E-state index < -0.39 is 11.9 Å². The number of nitrogens with zero attached hydrogens (tertiary/aromatic N) is 1. The Kier molecular flexibility index (Phi) is 4.83. The van der Waals surface area contributed by atoms with E-state index in [9.17, 15) is 9.60 Å². The molecule has 0 saturated heterocycles. The first-order valence-corrected chi connectivity index (χ1v) is 5.94. The zero-order valence-corrected chi connectivity index (χ0v) is 10.5. The van der Waals surface area contributed by atoms with Gasteiger partial charge in [-0.3, -0.25) is 4.98 Å². The minimum atomic E-state index is -1.08. The molecule has 6 nitrogen and oxygen atoms in total. The van der Waals surface area contributed by atoms with Crippen LogP contribution in [-0.2, 0) is 0 Å². The van der Waals surface area contributed by atoms with Crippen LogP contribution in [0.2, 0.25) is 0 Å². The molecule has 1 unspecified atom stereocenters. The quantitative estimate of drug-likeness (QED) is 0.699. The van der Waals surface area contributed by atoms with Crippen molar-refractivity contribution in [1.29, 1.82) is 0 Å². The van der Waals surface area contributed by atoms with Crippen molar-refractivity contribution in [2.45, 2.75) is 0 Å². The monoisotopic (exact) mass is 279 g/mol. The van der Waals surface area contributed by atoms with Crippen molar-refractivity contribution in [3.8, 4) is 5.75 Å². The normalized spacial score (nSPS) is 11.9. The maximum Gasteiger partial charge on any atom is 0.205 e. The summed E-state index contributed by atoms with van der Waals surface area (Å²) < 4.78 is 17.4. The number of halogens is 1. The zero-order chi connectivity index (χ0) is 14.4. The van der Waals surface area contributed by atoms with Crippen molar-refractivity contribution in [2.75, 3.05) is 18.6 Å². The molecule has 3 N–H and O–H groups in total. The van der Waals surface area contributed by atoms with Crippen LogP contribution in [0.5, 0.6) is 5.75 Å². The van der Waals surface area contributed by atoms with Crippen molar-refractivity contribution in [1.82, 2.24) is 4.98 Å². The first kappa shape index (κ1) is 14.2. The minimum absolute atomic E-state index is 0.0489. The van der Waals surface area contributed by atoms with Gasteiger partial charge in [-0.05, 0) is 18.2 Å². The summed E-state index contributed by atoms with van der Waals surface area (Å²) in [7, 11) is 0. The summed E-state index contributed by atoms with van der Waals surface area (Å²) in [6.07, 6.45) is 2.75. The lowest BCUT2D eigenvalue weighted by Crippen LogP contribution is -2.99. The van der Waals surface area contributed by atoms with Crippen molar-refractivity contribution in [3.63, 3.8) is 0 Å². The molecule has 2 rings (SSSR count). The second-order valence-corrected chi connectivity index (χ2v) is 3.89. The molecule has 0 amide bonds. The van der Waals surface area contributed by atoms with E-state index in [1.807, 2.05) is 0 Å². The lowest BCUT2D eigenvalue weighted by atomic mass is 10.2. The van der Waals surface area contributed by atoms with Gasteiger partial charge in [-0.2, -0.15) is 5.23 Å². The van der Waals surface area contributed by atoms with Crippen LogP contribution in [0, 0.1) is 5.21 Å². The number of rotatable bonds is 6. The fraction of sp³-hybridized carbons (Fsp3) is 0.154. The van der Waals surface area contributed by atoms with Crippen LogP contribution in [0.1, 0.15) is 0 Å². The maximum absolute atomic E-state index is 12.2. The smallest absolute Gasteiger partial charge is 0.205 e. The SMILES string of the molecule is [O-][NH+](O)c1cnccc1Nc1ccccc1OCCF. The largest absolute Gasteiger partial charge is 0.595 e. The fourth-order valence-electron chi connectivity index (χ4n) is 1.66. The number of pyridine rings is 1. The Bertz CT molecular complexity index is 566. The molecule has 7 heteroatoms.